The molecule has 0 aliphatic carbocycles. The van der Waals surface area contributed by atoms with E-state index in [1.807, 2.05) is 6.20 Å². The Labute approximate surface area is 117 Å². The Hall–Kier alpha value is -1.09. The number of piperidine rings is 1. The summed E-state index contributed by atoms with van der Waals surface area (Å²) in [5.74, 6) is 0.801. The molecule has 0 aromatic carbocycles. The molecule has 0 amide bonds. The molecule has 1 saturated heterocycles. The van der Waals surface area contributed by atoms with Crippen LogP contribution in [0.3, 0.4) is 0 Å². The molecule has 0 bridgehead atoms. The van der Waals surface area contributed by atoms with Crippen LogP contribution < -0.4 is 5.32 Å². The van der Waals surface area contributed by atoms with Gasteiger partial charge in [-0.05, 0) is 50.8 Å². The maximum Gasteiger partial charge on any atom is 0.0564 e. The number of hydrogen-bond donors (Lipinski definition) is 1. The number of rotatable bonds is 5. The lowest BCUT2D eigenvalue weighted by Gasteiger charge is -2.37. The first kappa shape index (κ1) is 14.3. The predicted octanol–water partition coefficient (Wildman–Crippen LogP) is 3.52. The third kappa shape index (κ3) is 3.93. The van der Waals surface area contributed by atoms with Crippen molar-refractivity contribution in [2.24, 2.45) is 5.92 Å². The fourth-order valence-electron chi connectivity index (χ4n) is 2.80. The molecule has 1 aromatic heterocycles. The first-order valence-corrected chi connectivity index (χ1v) is 7.63. The summed E-state index contributed by atoms with van der Waals surface area (Å²) in [6.45, 7) is 10.1. The molecule has 1 fully saturated rings. The van der Waals surface area contributed by atoms with Gasteiger partial charge in [-0.3, -0.25) is 9.88 Å². The second-order valence-electron chi connectivity index (χ2n) is 5.79. The Bertz CT molecular complexity index is 391. The minimum atomic E-state index is 0.669. The van der Waals surface area contributed by atoms with Gasteiger partial charge in [0, 0.05) is 31.0 Å². The van der Waals surface area contributed by atoms with Crippen molar-refractivity contribution in [1.82, 2.24) is 9.88 Å². The molecule has 0 radical (unpaired) electrons. The minimum absolute atomic E-state index is 0.669. The molecule has 2 unspecified atom stereocenters. The molecule has 0 saturated carbocycles. The van der Waals surface area contributed by atoms with E-state index < -0.39 is 0 Å². The average Bonchev–Trinajstić information content (AvgIpc) is 2.42. The Morgan fingerprint density at radius 3 is 3.05 bits per heavy atom. The number of hydrogen-bond acceptors (Lipinski definition) is 3. The third-order valence-corrected chi connectivity index (χ3v) is 4.27. The van der Waals surface area contributed by atoms with Gasteiger partial charge in [0.15, 0.2) is 0 Å². The first-order valence-electron chi connectivity index (χ1n) is 7.63. The topological polar surface area (TPSA) is 28.2 Å². The minimum Gasteiger partial charge on any atom is -0.385 e. The summed E-state index contributed by atoms with van der Waals surface area (Å²) in [6.07, 6.45) is 5.76. The summed E-state index contributed by atoms with van der Waals surface area (Å²) in [4.78, 5) is 7.09. The summed E-state index contributed by atoms with van der Waals surface area (Å²) < 4.78 is 0. The van der Waals surface area contributed by atoms with Crippen molar-refractivity contribution in [2.45, 2.75) is 52.6 Å². The van der Waals surface area contributed by atoms with E-state index in [4.69, 9.17) is 0 Å². The molecular weight excluding hydrogens is 234 g/mol. The van der Waals surface area contributed by atoms with Gasteiger partial charge < -0.3 is 5.32 Å². The van der Waals surface area contributed by atoms with E-state index in [2.05, 4.69) is 48.1 Å². The molecule has 1 aliphatic rings. The summed E-state index contributed by atoms with van der Waals surface area (Å²) in [5.41, 5.74) is 2.38. The van der Waals surface area contributed by atoms with Crippen LogP contribution in [0.5, 0.6) is 0 Å². The van der Waals surface area contributed by atoms with Crippen molar-refractivity contribution in [3.05, 3.63) is 24.0 Å². The molecule has 3 heteroatoms. The number of anilines is 1. The van der Waals surface area contributed by atoms with Gasteiger partial charge in [-0.1, -0.05) is 13.8 Å². The normalized spacial score (nSPS) is 24.4. The summed E-state index contributed by atoms with van der Waals surface area (Å²) >= 11 is 0. The standard InChI is InChI=1S/C16H27N3/c1-4-8-17-15-7-9-18-16(11-15)12-19-10-5-6-13(2)14(19)3/h7,9,11,13-14H,4-6,8,10,12H2,1-3H3,(H,17,18). The van der Waals surface area contributed by atoms with Crippen LogP contribution in [0.15, 0.2) is 18.3 Å². The Kier molecular flexibility index (Phi) is 5.20. The average molecular weight is 261 g/mol. The highest BCUT2D eigenvalue weighted by Gasteiger charge is 2.24. The van der Waals surface area contributed by atoms with Crippen molar-refractivity contribution in [2.75, 3.05) is 18.4 Å². The zero-order valence-corrected chi connectivity index (χ0v) is 12.5. The van der Waals surface area contributed by atoms with Crippen LogP contribution >= 0.6 is 0 Å². The van der Waals surface area contributed by atoms with E-state index in [1.54, 1.807) is 0 Å². The van der Waals surface area contributed by atoms with Crippen LogP contribution in [0, 0.1) is 5.92 Å². The monoisotopic (exact) mass is 261 g/mol. The SMILES string of the molecule is CCCNc1ccnc(CN2CCCC(C)C2C)c1. The molecule has 106 valence electrons. The van der Waals surface area contributed by atoms with E-state index in [9.17, 15) is 0 Å². The lowest BCUT2D eigenvalue weighted by atomic mass is 9.92. The van der Waals surface area contributed by atoms with Gasteiger partial charge in [0.2, 0.25) is 0 Å². The largest absolute Gasteiger partial charge is 0.385 e. The number of nitrogens with one attached hydrogen (secondary N) is 1. The molecule has 19 heavy (non-hydrogen) atoms. The van der Waals surface area contributed by atoms with Gasteiger partial charge in [0.25, 0.3) is 0 Å². The third-order valence-electron chi connectivity index (χ3n) is 4.27. The Morgan fingerprint density at radius 2 is 2.26 bits per heavy atom. The maximum atomic E-state index is 4.52. The molecule has 3 nitrogen and oxygen atoms in total. The molecule has 0 spiro atoms. The lowest BCUT2D eigenvalue weighted by molar-refractivity contribution is 0.105. The van der Waals surface area contributed by atoms with E-state index >= 15 is 0 Å². The van der Waals surface area contributed by atoms with Crippen LogP contribution in [0.4, 0.5) is 5.69 Å². The van der Waals surface area contributed by atoms with E-state index in [-0.39, 0.29) is 0 Å². The van der Waals surface area contributed by atoms with Crippen LogP contribution in [-0.4, -0.2) is 29.0 Å². The van der Waals surface area contributed by atoms with Crippen LogP contribution in [-0.2, 0) is 6.54 Å². The summed E-state index contributed by atoms with van der Waals surface area (Å²) in [6, 6.07) is 4.92. The second kappa shape index (κ2) is 6.90. The molecule has 1 N–H and O–H groups in total. The van der Waals surface area contributed by atoms with Crippen molar-refractivity contribution < 1.29 is 0 Å². The van der Waals surface area contributed by atoms with Crippen molar-refractivity contribution in [3.63, 3.8) is 0 Å². The van der Waals surface area contributed by atoms with Gasteiger partial charge in [-0.15, -0.1) is 0 Å². The number of nitrogens with zero attached hydrogens (tertiary/aromatic N) is 2. The van der Waals surface area contributed by atoms with Gasteiger partial charge in [-0.2, -0.15) is 0 Å². The fraction of sp³-hybridized carbons (Fsp3) is 0.688. The quantitative estimate of drug-likeness (QED) is 0.879. The summed E-state index contributed by atoms with van der Waals surface area (Å²) in [7, 11) is 0. The van der Waals surface area contributed by atoms with Gasteiger partial charge >= 0.3 is 0 Å². The second-order valence-corrected chi connectivity index (χ2v) is 5.79. The zero-order valence-electron chi connectivity index (χ0n) is 12.5. The smallest absolute Gasteiger partial charge is 0.0564 e. The van der Waals surface area contributed by atoms with Crippen molar-refractivity contribution in [1.29, 1.82) is 0 Å². The highest BCUT2D eigenvalue weighted by Crippen LogP contribution is 2.24. The van der Waals surface area contributed by atoms with Crippen LogP contribution in [0.1, 0.15) is 45.7 Å². The van der Waals surface area contributed by atoms with Crippen molar-refractivity contribution in [3.8, 4) is 0 Å². The van der Waals surface area contributed by atoms with Crippen LogP contribution in [0.2, 0.25) is 0 Å². The molecular formula is C16H27N3. The number of pyridine rings is 1. The number of aromatic nitrogens is 1. The van der Waals surface area contributed by atoms with Gasteiger partial charge in [-0.25, -0.2) is 0 Å². The highest BCUT2D eigenvalue weighted by molar-refractivity contribution is 5.43. The lowest BCUT2D eigenvalue weighted by Crippen LogP contribution is -2.41. The Morgan fingerprint density at radius 1 is 1.42 bits per heavy atom. The van der Waals surface area contributed by atoms with Crippen LogP contribution in [0.25, 0.3) is 0 Å². The maximum absolute atomic E-state index is 4.52. The fourth-order valence-corrected chi connectivity index (χ4v) is 2.80. The van der Waals surface area contributed by atoms with Crippen molar-refractivity contribution >= 4 is 5.69 Å². The van der Waals surface area contributed by atoms with Gasteiger partial charge in [0.05, 0.1) is 5.69 Å². The first-order chi connectivity index (χ1) is 9.20. The number of likely N-dealkylation sites (tertiary alicyclic amines) is 1. The highest BCUT2D eigenvalue weighted by atomic mass is 15.2. The predicted molar refractivity (Wildman–Crippen MR) is 81.3 cm³/mol. The molecule has 2 rings (SSSR count). The molecule has 1 aromatic rings. The molecule has 1 aliphatic heterocycles. The zero-order chi connectivity index (χ0) is 13.7. The Balaban J connectivity index is 1.98. The van der Waals surface area contributed by atoms with E-state index in [1.165, 1.54) is 30.8 Å². The van der Waals surface area contributed by atoms with E-state index in [0.717, 1.165) is 25.4 Å². The molecule has 2 heterocycles. The van der Waals surface area contributed by atoms with E-state index in [0.29, 0.717) is 6.04 Å². The molecule has 2 atom stereocenters. The van der Waals surface area contributed by atoms with Gasteiger partial charge in [0.1, 0.15) is 0 Å². The summed E-state index contributed by atoms with van der Waals surface area (Å²) in [5, 5.41) is 3.43.